The Morgan fingerprint density at radius 3 is 2.45 bits per heavy atom. The summed E-state index contributed by atoms with van der Waals surface area (Å²) in [4.78, 5) is 23.7. The van der Waals surface area contributed by atoms with Gasteiger partial charge in [-0.15, -0.1) is 0 Å². The number of nitrogens with one attached hydrogen (secondary N) is 1. The largest absolute Gasteiger partial charge is 0.481 e. The molecule has 4 nitrogen and oxygen atoms in total. The third kappa shape index (κ3) is 2.07. The van der Waals surface area contributed by atoms with E-state index in [0.717, 1.165) is 19.3 Å². The second-order valence-electron chi connectivity index (χ2n) is 5.69. The molecule has 0 unspecified atom stereocenters. The second kappa shape index (κ2) is 4.89. The standard InChI is InChI=1S/C15H16FNO3/c16-10-3-1-2-4-11(10)17-14(18)12-8-5-6-9(7-8)13(12)15(19)20/h1-4,8-9,12-13H,5-7H2,(H,17,18)(H,19,20)/t8-,9-,12+,13+/m0/s1. The van der Waals surface area contributed by atoms with Crippen LogP contribution in [0.2, 0.25) is 0 Å². The molecular formula is C15H16FNO3. The van der Waals surface area contributed by atoms with E-state index in [9.17, 15) is 19.1 Å². The quantitative estimate of drug-likeness (QED) is 0.892. The van der Waals surface area contributed by atoms with E-state index in [-0.39, 0.29) is 23.4 Å². The highest BCUT2D eigenvalue weighted by Gasteiger charge is 2.54. The van der Waals surface area contributed by atoms with Gasteiger partial charge in [0.1, 0.15) is 5.82 Å². The summed E-state index contributed by atoms with van der Waals surface area (Å²) in [5.74, 6) is -2.73. The molecule has 3 rings (SSSR count). The number of aliphatic carboxylic acids is 1. The lowest BCUT2D eigenvalue weighted by atomic mass is 9.78. The Kier molecular flexibility index (Phi) is 3.20. The molecular weight excluding hydrogens is 261 g/mol. The molecule has 0 saturated heterocycles. The molecule has 5 heteroatoms. The van der Waals surface area contributed by atoms with E-state index in [1.807, 2.05) is 0 Å². The van der Waals surface area contributed by atoms with Gasteiger partial charge in [-0.1, -0.05) is 12.1 Å². The van der Waals surface area contributed by atoms with Crippen molar-refractivity contribution in [2.24, 2.45) is 23.7 Å². The monoisotopic (exact) mass is 277 g/mol. The summed E-state index contributed by atoms with van der Waals surface area (Å²) < 4.78 is 13.5. The van der Waals surface area contributed by atoms with Crippen molar-refractivity contribution in [1.29, 1.82) is 0 Å². The number of fused-ring (bicyclic) bond motifs is 2. The number of carbonyl (C=O) groups excluding carboxylic acids is 1. The fourth-order valence-electron chi connectivity index (χ4n) is 3.80. The van der Waals surface area contributed by atoms with Crippen molar-refractivity contribution in [3.8, 4) is 0 Å². The molecule has 1 aromatic carbocycles. The molecule has 0 aliphatic heterocycles. The maximum atomic E-state index is 13.5. The molecule has 0 spiro atoms. The molecule has 0 heterocycles. The number of benzene rings is 1. The molecule has 2 N–H and O–H groups in total. The van der Waals surface area contributed by atoms with Gasteiger partial charge in [-0.3, -0.25) is 9.59 Å². The smallest absolute Gasteiger partial charge is 0.307 e. The van der Waals surface area contributed by atoms with Crippen LogP contribution in [-0.2, 0) is 9.59 Å². The summed E-state index contributed by atoms with van der Waals surface area (Å²) >= 11 is 0. The van der Waals surface area contributed by atoms with E-state index >= 15 is 0 Å². The Balaban J connectivity index is 1.80. The van der Waals surface area contributed by atoms with Crippen molar-refractivity contribution in [3.05, 3.63) is 30.1 Å². The zero-order valence-electron chi connectivity index (χ0n) is 10.9. The van der Waals surface area contributed by atoms with Crippen LogP contribution < -0.4 is 5.32 Å². The van der Waals surface area contributed by atoms with Crippen molar-refractivity contribution in [2.75, 3.05) is 5.32 Å². The zero-order valence-corrected chi connectivity index (χ0v) is 10.9. The Morgan fingerprint density at radius 2 is 1.80 bits per heavy atom. The van der Waals surface area contributed by atoms with Gasteiger partial charge in [-0.05, 0) is 43.2 Å². The van der Waals surface area contributed by atoms with Crippen molar-refractivity contribution < 1.29 is 19.1 Å². The number of hydrogen-bond acceptors (Lipinski definition) is 2. The van der Waals surface area contributed by atoms with Crippen LogP contribution in [0.1, 0.15) is 19.3 Å². The van der Waals surface area contributed by atoms with Gasteiger partial charge in [-0.2, -0.15) is 0 Å². The highest BCUT2D eigenvalue weighted by molar-refractivity contribution is 5.96. The maximum Gasteiger partial charge on any atom is 0.307 e. The van der Waals surface area contributed by atoms with Crippen LogP contribution in [0.15, 0.2) is 24.3 Å². The molecule has 106 valence electrons. The fourth-order valence-corrected chi connectivity index (χ4v) is 3.80. The topological polar surface area (TPSA) is 66.4 Å². The van der Waals surface area contributed by atoms with Crippen LogP contribution in [0, 0.1) is 29.5 Å². The minimum Gasteiger partial charge on any atom is -0.481 e. The van der Waals surface area contributed by atoms with Gasteiger partial charge in [-0.25, -0.2) is 4.39 Å². The van der Waals surface area contributed by atoms with Gasteiger partial charge >= 0.3 is 5.97 Å². The normalized spacial score (nSPS) is 31.2. The average Bonchev–Trinajstić information content (AvgIpc) is 3.01. The number of carboxylic acids is 1. The van der Waals surface area contributed by atoms with Gasteiger partial charge < -0.3 is 10.4 Å². The SMILES string of the molecule is O=C(O)[C@@H]1[C@H]2CC[C@@H](C2)[C@H]1C(=O)Nc1ccccc1F. The van der Waals surface area contributed by atoms with Crippen molar-refractivity contribution in [2.45, 2.75) is 19.3 Å². The number of carbonyl (C=O) groups is 2. The third-order valence-electron chi connectivity index (χ3n) is 4.64. The summed E-state index contributed by atoms with van der Waals surface area (Å²) in [6.45, 7) is 0. The molecule has 2 aliphatic rings. The van der Waals surface area contributed by atoms with Crippen LogP contribution >= 0.6 is 0 Å². The van der Waals surface area contributed by atoms with Gasteiger partial charge in [0, 0.05) is 0 Å². The van der Waals surface area contributed by atoms with E-state index < -0.39 is 23.6 Å². The molecule has 20 heavy (non-hydrogen) atoms. The van der Waals surface area contributed by atoms with Gasteiger partial charge in [0.05, 0.1) is 17.5 Å². The summed E-state index contributed by atoms with van der Waals surface area (Å²) in [5.41, 5.74) is 0.115. The first-order valence-corrected chi connectivity index (χ1v) is 6.86. The molecule has 1 aromatic rings. The van der Waals surface area contributed by atoms with Gasteiger partial charge in [0.2, 0.25) is 5.91 Å². The van der Waals surface area contributed by atoms with Crippen molar-refractivity contribution in [3.63, 3.8) is 0 Å². The van der Waals surface area contributed by atoms with Crippen molar-refractivity contribution >= 4 is 17.6 Å². The average molecular weight is 277 g/mol. The number of carboxylic acid groups (broad SMARTS) is 1. The van der Waals surface area contributed by atoms with Gasteiger partial charge in [0.15, 0.2) is 0 Å². The van der Waals surface area contributed by atoms with Crippen LogP contribution in [0.5, 0.6) is 0 Å². The van der Waals surface area contributed by atoms with Crippen molar-refractivity contribution in [1.82, 2.24) is 0 Å². The van der Waals surface area contributed by atoms with E-state index in [4.69, 9.17) is 0 Å². The molecule has 2 fully saturated rings. The van der Waals surface area contributed by atoms with Crippen LogP contribution in [0.3, 0.4) is 0 Å². The minimum atomic E-state index is -0.911. The second-order valence-corrected chi connectivity index (χ2v) is 5.69. The Morgan fingerprint density at radius 1 is 1.15 bits per heavy atom. The maximum absolute atomic E-state index is 13.5. The number of para-hydroxylation sites is 1. The third-order valence-corrected chi connectivity index (χ3v) is 4.64. The van der Waals surface area contributed by atoms with Gasteiger partial charge in [0.25, 0.3) is 0 Å². The predicted molar refractivity (Wildman–Crippen MR) is 70.5 cm³/mol. The molecule has 2 aliphatic carbocycles. The number of rotatable bonds is 3. The molecule has 1 amide bonds. The van der Waals surface area contributed by atoms with E-state index in [1.165, 1.54) is 12.1 Å². The minimum absolute atomic E-state index is 0.0915. The van der Waals surface area contributed by atoms with E-state index in [1.54, 1.807) is 12.1 Å². The molecule has 0 radical (unpaired) electrons. The van der Waals surface area contributed by atoms with E-state index in [2.05, 4.69) is 5.32 Å². The highest BCUT2D eigenvalue weighted by Crippen LogP contribution is 2.52. The lowest BCUT2D eigenvalue weighted by Crippen LogP contribution is -2.38. The fraction of sp³-hybridized carbons (Fsp3) is 0.467. The number of halogens is 1. The summed E-state index contributed by atoms with van der Waals surface area (Å²) in [7, 11) is 0. The zero-order chi connectivity index (χ0) is 14.3. The van der Waals surface area contributed by atoms with Crippen LogP contribution in [0.4, 0.5) is 10.1 Å². The number of amides is 1. The van der Waals surface area contributed by atoms with Crippen LogP contribution in [-0.4, -0.2) is 17.0 Å². The molecule has 2 saturated carbocycles. The summed E-state index contributed by atoms with van der Waals surface area (Å²) in [6, 6.07) is 5.93. The first-order chi connectivity index (χ1) is 9.58. The summed E-state index contributed by atoms with van der Waals surface area (Å²) in [5, 5.41) is 11.9. The first-order valence-electron chi connectivity index (χ1n) is 6.86. The van der Waals surface area contributed by atoms with E-state index in [0.29, 0.717) is 0 Å². The lowest BCUT2D eigenvalue weighted by molar-refractivity contribution is -0.148. The highest BCUT2D eigenvalue weighted by atomic mass is 19.1. The first kappa shape index (κ1) is 13.1. The molecule has 0 aromatic heterocycles. The Bertz CT molecular complexity index is 560. The summed E-state index contributed by atoms with van der Waals surface area (Å²) in [6.07, 6.45) is 2.57. The lowest BCUT2D eigenvalue weighted by Gasteiger charge is -2.27. The number of hydrogen-bond donors (Lipinski definition) is 2. The Hall–Kier alpha value is -1.91. The number of anilines is 1. The predicted octanol–water partition coefficient (Wildman–Crippen LogP) is 2.51. The Labute approximate surface area is 116 Å². The molecule has 4 atom stereocenters. The molecule has 2 bridgehead atoms. The van der Waals surface area contributed by atoms with Crippen LogP contribution in [0.25, 0.3) is 0 Å².